The third kappa shape index (κ3) is 7.15. The van der Waals surface area contributed by atoms with Gasteiger partial charge in [-0.25, -0.2) is 4.79 Å². The predicted octanol–water partition coefficient (Wildman–Crippen LogP) is 4.64. The van der Waals surface area contributed by atoms with Crippen molar-refractivity contribution in [2.24, 2.45) is 0 Å². The van der Waals surface area contributed by atoms with Gasteiger partial charge in [0.2, 0.25) is 0 Å². The second-order valence-electron chi connectivity index (χ2n) is 6.35. The fourth-order valence-corrected chi connectivity index (χ4v) is 3.13. The highest BCUT2D eigenvalue weighted by Crippen LogP contribution is 2.37. The topological polar surface area (TPSA) is 97.7 Å². The van der Waals surface area contributed by atoms with Crippen LogP contribution in [0, 0.1) is 18.3 Å². The van der Waals surface area contributed by atoms with Crippen LogP contribution in [-0.4, -0.2) is 31.7 Å². The molecule has 0 aliphatic heterocycles. The molecular weight excluding hydrogens is 464 g/mol. The van der Waals surface area contributed by atoms with Crippen LogP contribution in [0.15, 0.2) is 46.4 Å². The Bertz CT molecular complexity index is 1010. The Labute approximate surface area is 189 Å². The quantitative estimate of drug-likeness (QED) is 0.314. The summed E-state index contributed by atoms with van der Waals surface area (Å²) in [6, 6.07) is 12.5. The minimum Gasteiger partial charge on any atom is -0.490 e. The monoisotopic (exact) mass is 486 g/mol. The molecule has 8 heteroatoms. The van der Waals surface area contributed by atoms with E-state index in [0.29, 0.717) is 33.8 Å². The lowest BCUT2D eigenvalue weighted by Crippen LogP contribution is -2.15. The number of esters is 1. The zero-order valence-electron chi connectivity index (χ0n) is 17.5. The Morgan fingerprint density at radius 2 is 1.84 bits per heavy atom. The smallest absolute Gasteiger partial charge is 0.344 e. The van der Waals surface area contributed by atoms with Crippen LogP contribution in [0.25, 0.3) is 6.08 Å². The number of rotatable bonds is 9. The molecule has 2 aromatic rings. The van der Waals surface area contributed by atoms with Gasteiger partial charge < -0.3 is 19.5 Å². The van der Waals surface area contributed by atoms with E-state index in [0.717, 1.165) is 5.56 Å². The standard InChI is InChI=1S/C23H23BrN2O5/c1-4-29-20-12-16(11-19(24)22(20)31-14-21(27)30-5-2)10-17(13-25)23(28)26-18-8-6-15(3)7-9-18/h6-12H,4-5,14H2,1-3H3,(H,26,28)/b17-10+. The summed E-state index contributed by atoms with van der Waals surface area (Å²) in [6.07, 6.45) is 1.45. The van der Waals surface area contributed by atoms with E-state index in [1.165, 1.54) is 6.08 Å². The van der Waals surface area contributed by atoms with Gasteiger partial charge in [-0.1, -0.05) is 17.7 Å². The first kappa shape index (κ1) is 24.0. The number of ether oxygens (including phenoxy) is 3. The van der Waals surface area contributed by atoms with E-state index in [9.17, 15) is 14.9 Å². The van der Waals surface area contributed by atoms with Crippen molar-refractivity contribution in [3.05, 3.63) is 57.6 Å². The summed E-state index contributed by atoms with van der Waals surface area (Å²) < 4.78 is 16.5. The predicted molar refractivity (Wildman–Crippen MR) is 121 cm³/mol. The summed E-state index contributed by atoms with van der Waals surface area (Å²) in [4.78, 5) is 24.1. The second-order valence-corrected chi connectivity index (χ2v) is 7.20. The zero-order valence-corrected chi connectivity index (χ0v) is 19.1. The highest BCUT2D eigenvalue weighted by Gasteiger charge is 2.16. The maximum absolute atomic E-state index is 12.5. The van der Waals surface area contributed by atoms with Crippen LogP contribution >= 0.6 is 15.9 Å². The first-order chi connectivity index (χ1) is 14.9. The number of carbonyl (C=O) groups excluding carboxylic acids is 2. The molecule has 31 heavy (non-hydrogen) atoms. The first-order valence-electron chi connectivity index (χ1n) is 9.62. The van der Waals surface area contributed by atoms with Crippen LogP contribution < -0.4 is 14.8 Å². The highest BCUT2D eigenvalue weighted by molar-refractivity contribution is 9.10. The number of halogens is 1. The number of amides is 1. The van der Waals surface area contributed by atoms with Crippen molar-refractivity contribution in [3.8, 4) is 17.6 Å². The molecule has 7 nitrogen and oxygen atoms in total. The molecule has 2 rings (SSSR count). The maximum Gasteiger partial charge on any atom is 0.344 e. The molecule has 0 atom stereocenters. The largest absolute Gasteiger partial charge is 0.490 e. The zero-order chi connectivity index (χ0) is 22.8. The molecule has 0 bridgehead atoms. The molecule has 0 saturated heterocycles. The van der Waals surface area contributed by atoms with E-state index < -0.39 is 11.9 Å². The summed E-state index contributed by atoms with van der Waals surface area (Å²) in [6.45, 7) is 5.80. The molecule has 0 aromatic heterocycles. The van der Waals surface area contributed by atoms with Crippen molar-refractivity contribution < 1.29 is 23.8 Å². The van der Waals surface area contributed by atoms with Gasteiger partial charge in [-0.15, -0.1) is 0 Å². The van der Waals surface area contributed by atoms with Gasteiger partial charge in [0.1, 0.15) is 11.6 Å². The van der Waals surface area contributed by atoms with Gasteiger partial charge in [-0.3, -0.25) is 4.79 Å². The number of hydrogen-bond donors (Lipinski definition) is 1. The number of nitrogens with zero attached hydrogens (tertiary/aromatic N) is 1. The van der Waals surface area contributed by atoms with Crippen molar-refractivity contribution in [2.45, 2.75) is 20.8 Å². The van der Waals surface area contributed by atoms with Crippen LogP contribution in [0.3, 0.4) is 0 Å². The lowest BCUT2D eigenvalue weighted by Gasteiger charge is -2.14. The molecule has 0 saturated carbocycles. The molecule has 0 fully saturated rings. The Morgan fingerprint density at radius 1 is 1.13 bits per heavy atom. The van der Waals surface area contributed by atoms with Crippen molar-refractivity contribution in [1.29, 1.82) is 5.26 Å². The Kier molecular flexibility index (Phi) is 9.10. The van der Waals surface area contributed by atoms with Crippen LogP contribution in [-0.2, 0) is 14.3 Å². The molecule has 0 spiro atoms. The van der Waals surface area contributed by atoms with Gasteiger partial charge in [0, 0.05) is 5.69 Å². The van der Waals surface area contributed by atoms with Gasteiger partial charge in [-0.05, 0) is 72.6 Å². The summed E-state index contributed by atoms with van der Waals surface area (Å²) in [5, 5.41) is 12.2. The first-order valence-corrected chi connectivity index (χ1v) is 10.4. The fraction of sp³-hybridized carbons (Fsp3) is 0.261. The number of carbonyl (C=O) groups is 2. The normalized spacial score (nSPS) is 10.7. The number of nitriles is 1. The summed E-state index contributed by atoms with van der Waals surface area (Å²) in [5.74, 6) is -0.332. The molecule has 0 unspecified atom stereocenters. The average molecular weight is 487 g/mol. The van der Waals surface area contributed by atoms with Crippen LogP contribution in [0.2, 0.25) is 0 Å². The van der Waals surface area contributed by atoms with Crippen molar-refractivity contribution in [2.75, 3.05) is 25.1 Å². The van der Waals surface area contributed by atoms with Crippen molar-refractivity contribution in [3.63, 3.8) is 0 Å². The van der Waals surface area contributed by atoms with Crippen LogP contribution in [0.4, 0.5) is 5.69 Å². The number of hydrogen-bond acceptors (Lipinski definition) is 6. The number of aryl methyl sites for hydroxylation is 1. The van der Waals surface area contributed by atoms with Gasteiger partial charge >= 0.3 is 5.97 Å². The van der Waals surface area contributed by atoms with Crippen LogP contribution in [0.5, 0.6) is 11.5 Å². The molecule has 1 amide bonds. The lowest BCUT2D eigenvalue weighted by molar-refractivity contribution is -0.145. The van der Waals surface area contributed by atoms with E-state index in [2.05, 4.69) is 21.2 Å². The van der Waals surface area contributed by atoms with E-state index in [1.54, 1.807) is 38.1 Å². The van der Waals surface area contributed by atoms with Gasteiger partial charge in [0.25, 0.3) is 5.91 Å². The minimum absolute atomic E-state index is 0.0740. The van der Waals surface area contributed by atoms with Crippen LogP contribution in [0.1, 0.15) is 25.0 Å². The second kappa shape index (κ2) is 11.8. The number of anilines is 1. The third-order valence-electron chi connectivity index (χ3n) is 3.96. The highest BCUT2D eigenvalue weighted by atomic mass is 79.9. The SMILES string of the molecule is CCOC(=O)COc1c(Br)cc(/C=C(\C#N)C(=O)Nc2ccc(C)cc2)cc1OCC. The molecule has 162 valence electrons. The van der Waals surface area contributed by atoms with Crippen molar-refractivity contribution in [1.82, 2.24) is 0 Å². The number of benzene rings is 2. The molecule has 1 N–H and O–H groups in total. The van der Waals surface area contributed by atoms with E-state index >= 15 is 0 Å². The Hall–Kier alpha value is -3.31. The summed E-state index contributed by atoms with van der Waals surface area (Å²) in [5.41, 5.74) is 2.13. The summed E-state index contributed by atoms with van der Waals surface area (Å²) in [7, 11) is 0. The third-order valence-corrected chi connectivity index (χ3v) is 4.55. The Balaban J connectivity index is 2.27. The molecule has 0 heterocycles. The van der Waals surface area contributed by atoms with Gasteiger partial charge in [0.05, 0.1) is 17.7 Å². The molecule has 0 radical (unpaired) electrons. The number of nitrogens with one attached hydrogen (secondary N) is 1. The Morgan fingerprint density at radius 3 is 2.45 bits per heavy atom. The van der Waals surface area contributed by atoms with Gasteiger partial charge in [0.15, 0.2) is 18.1 Å². The molecule has 0 aliphatic carbocycles. The van der Waals surface area contributed by atoms with E-state index in [1.807, 2.05) is 25.1 Å². The lowest BCUT2D eigenvalue weighted by atomic mass is 10.1. The van der Waals surface area contributed by atoms with Gasteiger partial charge in [-0.2, -0.15) is 5.26 Å². The average Bonchev–Trinajstić information content (AvgIpc) is 2.73. The van der Waals surface area contributed by atoms with E-state index in [4.69, 9.17) is 14.2 Å². The molecular formula is C23H23BrN2O5. The summed E-state index contributed by atoms with van der Waals surface area (Å²) >= 11 is 3.40. The maximum atomic E-state index is 12.5. The van der Waals surface area contributed by atoms with E-state index in [-0.39, 0.29) is 18.8 Å². The van der Waals surface area contributed by atoms with Crippen molar-refractivity contribution >= 4 is 39.6 Å². The minimum atomic E-state index is -0.525. The molecule has 2 aromatic carbocycles. The fourth-order valence-electron chi connectivity index (χ4n) is 2.56. The molecule has 0 aliphatic rings.